The monoisotopic (exact) mass is 461 g/mol. The van der Waals surface area contributed by atoms with Gasteiger partial charge < -0.3 is 5.32 Å². The molecule has 33 heavy (non-hydrogen) atoms. The Bertz CT molecular complexity index is 1290. The van der Waals surface area contributed by atoms with Gasteiger partial charge in [0.05, 0.1) is 16.7 Å². The predicted octanol–water partition coefficient (Wildman–Crippen LogP) is 4.58. The first-order valence-electron chi connectivity index (χ1n) is 10.8. The van der Waals surface area contributed by atoms with E-state index in [2.05, 4.69) is 22.4 Å². The van der Waals surface area contributed by atoms with Crippen molar-refractivity contribution >= 4 is 28.6 Å². The first-order valence-corrected chi connectivity index (χ1v) is 11.8. The Morgan fingerprint density at radius 1 is 0.939 bits per heavy atom. The van der Waals surface area contributed by atoms with Gasteiger partial charge in [-0.3, -0.25) is 14.2 Å². The molecule has 7 heteroatoms. The zero-order chi connectivity index (χ0) is 23.0. The van der Waals surface area contributed by atoms with Crippen LogP contribution in [0.5, 0.6) is 0 Å². The molecule has 3 aromatic carbocycles. The fraction of sp³-hybridized carbons (Fsp3) is 0.192. The molecule has 5 nitrogen and oxygen atoms in total. The van der Waals surface area contributed by atoms with Crippen molar-refractivity contribution in [1.29, 1.82) is 0 Å². The maximum atomic E-state index is 13.2. The van der Waals surface area contributed by atoms with Gasteiger partial charge in [-0.2, -0.15) is 0 Å². The van der Waals surface area contributed by atoms with Crippen LogP contribution in [-0.4, -0.2) is 21.2 Å². The molecule has 1 N–H and O–H groups in total. The van der Waals surface area contributed by atoms with Crippen LogP contribution in [0.4, 0.5) is 4.39 Å². The molecular formula is C26H24FN3O2S. The fourth-order valence-electron chi connectivity index (χ4n) is 3.53. The van der Waals surface area contributed by atoms with Crippen LogP contribution in [0.1, 0.15) is 17.5 Å². The number of hydrogen-bond acceptors (Lipinski definition) is 4. The van der Waals surface area contributed by atoms with E-state index >= 15 is 0 Å². The molecule has 1 amide bonds. The van der Waals surface area contributed by atoms with E-state index in [1.54, 1.807) is 22.8 Å². The summed E-state index contributed by atoms with van der Waals surface area (Å²) in [5, 5.41) is 3.93. The van der Waals surface area contributed by atoms with Gasteiger partial charge in [-0.05, 0) is 48.2 Å². The number of carbonyl (C=O) groups is 1. The predicted molar refractivity (Wildman–Crippen MR) is 130 cm³/mol. The van der Waals surface area contributed by atoms with E-state index in [-0.39, 0.29) is 23.0 Å². The van der Waals surface area contributed by atoms with Crippen LogP contribution in [0.3, 0.4) is 0 Å². The standard InChI is InChI=1S/C26H24FN3O2S/c27-21-14-12-20(13-15-21)17-28-24(31)18-33-26-29-23-11-5-4-10-22(23)25(32)30(26)16-6-9-19-7-2-1-3-8-19/h1-5,7-8,10-15H,6,9,16-18H2,(H,28,31). The molecule has 0 aliphatic rings. The highest BCUT2D eigenvalue weighted by atomic mass is 32.2. The second kappa shape index (κ2) is 10.9. The molecule has 0 saturated carbocycles. The van der Waals surface area contributed by atoms with Crippen LogP contribution < -0.4 is 10.9 Å². The lowest BCUT2D eigenvalue weighted by Crippen LogP contribution is -2.27. The molecule has 0 unspecified atom stereocenters. The number of benzene rings is 3. The van der Waals surface area contributed by atoms with Crippen LogP contribution in [0.15, 0.2) is 88.8 Å². The van der Waals surface area contributed by atoms with Gasteiger partial charge in [0.1, 0.15) is 5.82 Å². The van der Waals surface area contributed by atoms with Crippen molar-refractivity contribution in [2.45, 2.75) is 31.1 Å². The summed E-state index contributed by atoms with van der Waals surface area (Å²) >= 11 is 1.25. The van der Waals surface area contributed by atoms with Gasteiger partial charge in [-0.1, -0.05) is 66.4 Å². The molecule has 1 aromatic heterocycles. The Morgan fingerprint density at radius 2 is 1.67 bits per heavy atom. The quantitative estimate of drug-likeness (QED) is 0.293. The Hall–Kier alpha value is -3.45. The smallest absolute Gasteiger partial charge is 0.262 e. The van der Waals surface area contributed by atoms with Crippen LogP contribution in [-0.2, 0) is 24.3 Å². The number of aryl methyl sites for hydroxylation is 1. The SMILES string of the molecule is O=C(CSc1nc2ccccc2c(=O)n1CCCc1ccccc1)NCc1ccc(F)cc1. The molecule has 0 radical (unpaired) electrons. The number of amides is 1. The average molecular weight is 462 g/mol. The van der Waals surface area contributed by atoms with E-state index in [9.17, 15) is 14.0 Å². The van der Waals surface area contributed by atoms with Gasteiger partial charge in [-0.25, -0.2) is 9.37 Å². The van der Waals surface area contributed by atoms with Crippen molar-refractivity contribution in [2.24, 2.45) is 0 Å². The number of nitrogens with zero attached hydrogens (tertiary/aromatic N) is 2. The molecule has 0 aliphatic heterocycles. The number of para-hydroxylation sites is 1. The Labute approximate surface area is 195 Å². The molecule has 0 bridgehead atoms. The van der Waals surface area contributed by atoms with Gasteiger partial charge in [0, 0.05) is 13.1 Å². The van der Waals surface area contributed by atoms with Crippen molar-refractivity contribution in [3.05, 3.63) is 106 Å². The number of carbonyl (C=O) groups excluding carboxylic acids is 1. The van der Waals surface area contributed by atoms with Crippen LogP contribution in [0, 0.1) is 5.82 Å². The minimum atomic E-state index is -0.312. The van der Waals surface area contributed by atoms with E-state index in [1.807, 2.05) is 36.4 Å². The molecule has 1 heterocycles. The lowest BCUT2D eigenvalue weighted by molar-refractivity contribution is -0.118. The van der Waals surface area contributed by atoms with Gasteiger partial charge in [0.2, 0.25) is 5.91 Å². The first kappa shape index (κ1) is 22.7. The van der Waals surface area contributed by atoms with Crippen molar-refractivity contribution in [3.63, 3.8) is 0 Å². The molecule has 0 atom stereocenters. The number of rotatable bonds is 9. The Kier molecular flexibility index (Phi) is 7.52. The topological polar surface area (TPSA) is 64.0 Å². The third-order valence-electron chi connectivity index (χ3n) is 5.25. The molecule has 0 aliphatic carbocycles. The molecule has 0 fully saturated rings. The highest BCUT2D eigenvalue weighted by molar-refractivity contribution is 7.99. The van der Waals surface area contributed by atoms with E-state index < -0.39 is 0 Å². The Balaban J connectivity index is 1.45. The molecule has 4 rings (SSSR count). The summed E-state index contributed by atoms with van der Waals surface area (Å²) in [5.74, 6) is -0.360. The van der Waals surface area contributed by atoms with Crippen molar-refractivity contribution in [3.8, 4) is 0 Å². The van der Waals surface area contributed by atoms with Gasteiger partial charge in [0.15, 0.2) is 5.16 Å². The third kappa shape index (κ3) is 6.08. The highest BCUT2D eigenvalue weighted by Gasteiger charge is 2.13. The maximum Gasteiger partial charge on any atom is 0.262 e. The third-order valence-corrected chi connectivity index (χ3v) is 6.23. The fourth-order valence-corrected chi connectivity index (χ4v) is 4.38. The maximum absolute atomic E-state index is 13.2. The number of thioether (sulfide) groups is 1. The number of nitrogens with one attached hydrogen (secondary N) is 1. The second-order valence-electron chi connectivity index (χ2n) is 7.65. The highest BCUT2D eigenvalue weighted by Crippen LogP contribution is 2.18. The minimum Gasteiger partial charge on any atom is -0.351 e. The lowest BCUT2D eigenvalue weighted by atomic mass is 10.1. The number of halogens is 1. The van der Waals surface area contributed by atoms with Crippen molar-refractivity contribution < 1.29 is 9.18 Å². The molecule has 4 aromatic rings. The van der Waals surface area contributed by atoms with Crippen LogP contribution in [0.25, 0.3) is 10.9 Å². The van der Waals surface area contributed by atoms with Crippen molar-refractivity contribution in [1.82, 2.24) is 14.9 Å². The summed E-state index contributed by atoms with van der Waals surface area (Å²) in [6.07, 6.45) is 1.64. The lowest BCUT2D eigenvalue weighted by Gasteiger charge is -2.13. The van der Waals surface area contributed by atoms with Gasteiger partial charge in [-0.15, -0.1) is 0 Å². The van der Waals surface area contributed by atoms with Crippen LogP contribution in [0.2, 0.25) is 0 Å². The largest absolute Gasteiger partial charge is 0.351 e. The van der Waals surface area contributed by atoms with Crippen LogP contribution >= 0.6 is 11.8 Å². The number of aromatic nitrogens is 2. The van der Waals surface area contributed by atoms with E-state index in [4.69, 9.17) is 0 Å². The summed E-state index contributed by atoms with van der Waals surface area (Å²) in [6.45, 7) is 0.833. The minimum absolute atomic E-state index is 0.0946. The van der Waals surface area contributed by atoms with Crippen molar-refractivity contribution in [2.75, 3.05) is 5.75 Å². The number of fused-ring (bicyclic) bond motifs is 1. The molecular weight excluding hydrogens is 437 g/mol. The summed E-state index contributed by atoms with van der Waals surface area (Å²) in [6, 6.07) is 23.4. The average Bonchev–Trinajstić information content (AvgIpc) is 2.84. The first-order chi connectivity index (χ1) is 16.1. The molecule has 168 valence electrons. The Morgan fingerprint density at radius 3 is 2.45 bits per heavy atom. The van der Waals surface area contributed by atoms with E-state index in [0.717, 1.165) is 18.4 Å². The molecule has 0 saturated heterocycles. The van der Waals surface area contributed by atoms with E-state index in [0.29, 0.717) is 29.1 Å². The summed E-state index contributed by atoms with van der Waals surface area (Å²) in [4.78, 5) is 30.2. The normalized spacial score (nSPS) is 10.9. The summed E-state index contributed by atoms with van der Waals surface area (Å²) < 4.78 is 14.7. The second-order valence-corrected chi connectivity index (χ2v) is 8.59. The van der Waals surface area contributed by atoms with Gasteiger partial charge in [0.25, 0.3) is 5.56 Å². The molecule has 0 spiro atoms. The number of hydrogen-bond donors (Lipinski definition) is 1. The zero-order valence-corrected chi connectivity index (χ0v) is 18.9. The zero-order valence-electron chi connectivity index (χ0n) is 18.0. The van der Waals surface area contributed by atoms with Gasteiger partial charge >= 0.3 is 0 Å². The summed E-state index contributed by atoms with van der Waals surface area (Å²) in [7, 11) is 0. The summed E-state index contributed by atoms with van der Waals surface area (Å²) in [5.41, 5.74) is 2.56. The van der Waals surface area contributed by atoms with E-state index in [1.165, 1.54) is 29.5 Å².